The van der Waals surface area contributed by atoms with Crippen LogP contribution >= 0.6 is 23.2 Å². The fourth-order valence-electron chi connectivity index (χ4n) is 3.92. The summed E-state index contributed by atoms with van der Waals surface area (Å²) in [5, 5.41) is 3.90. The van der Waals surface area contributed by atoms with Crippen molar-refractivity contribution in [3.8, 4) is 0 Å². The molecule has 1 fully saturated rings. The maximum absolute atomic E-state index is 13.0. The summed E-state index contributed by atoms with van der Waals surface area (Å²) in [5.41, 5.74) is 1.21. The minimum atomic E-state index is -3.60. The van der Waals surface area contributed by atoms with Gasteiger partial charge in [-0.2, -0.15) is 0 Å². The summed E-state index contributed by atoms with van der Waals surface area (Å²) in [4.78, 5) is 13.0. The lowest BCUT2D eigenvalue weighted by Gasteiger charge is -2.34. The molecule has 1 saturated heterocycles. The van der Waals surface area contributed by atoms with Crippen molar-refractivity contribution in [2.45, 2.75) is 44.4 Å². The van der Waals surface area contributed by atoms with E-state index in [1.807, 2.05) is 44.2 Å². The van der Waals surface area contributed by atoms with Gasteiger partial charge in [-0.25, -0.2) is 12.7 Å². The Bertz CT molecular complexity index is 1030. The Kier molecular flexibility index (Phi) is 7.68. The van der Waals surface area contributed by atoms with Crippen LogP contribution in [0, 0.1) is 5.92 Å². The molecule has 1 unspecified atom stereocenters. The van der Waals surface area contributed by atoms with E-state index in [0.717, 1.165) is 5.56 Å². The van der Waals surface area contributed by atoms with Crippen molar-refractivity contribution < 1.29 is 13.2 Å². The quantitative estimate of drug-likeness (QED) is 0.623. The first-order valence-corrected chi connectivity index (χ1v) is 12.7. The van der Waals surface area contributed by atoms with Crippen LogP contribution in [0.3, 0.4) is 0 Å². The lowest BCUT2D eigenvalue weighted by Crippen LogP contribution is -2.51. The van der Waals surface area contributed by atoms with Crippen molar-refractivity contribution in [2.75, 3.05) is 13.1 Å². The van der Waals surface area contributed by atoms with Gasteiger partial charge in [-0.3, -0.25) is 4.79 Å². The maximum atomic E-state index is 13.0. The minimum Gasteiger partial charge on any atom is -0.351 e. The Hall–Kier alpha value is -1.60. The lowest BCUT2D eigenvalue weighted by atomic mass is 9.92. The van der Waals surface area contributed by atoms with Crippen LogP contribution in [0.1, 0.15) is 37.8 Å². The van der Waals surface area contributed by atoms with Gasteiger partial charge in [0.15, 0.2) is 0 Å². The minimum absolute atomic E-state index is 0.106. The highest BCUT2D eigenvalue weighted by molar-refractivity contribution is 7.88. The highest BCUT2D eigenvalue weighted by Crippen LogP contribution is 2.27. The SMILES string of the molecule is CC(C)(Cc1ccccc1)NC(=O)C1CCCN(S(=O)(=O)Cc2ccc(Cl)cc2Cl)C1. The lowest BCUT2D eigenvalue weighted by molar-refractivity contribution is -0.127. The van der Waals surface area contributed by atoms with E-state index in [1.54, 1.807) is 12.1 Å². The number of carbonyl (C=O) groups excluding carboxylic acids is 1. The molecule has 1 aliphatic heterocycles. The van der Waals surface area contributed by atoms with Gasteiger partial charge < -0.3 is 5.32 Å². The molecule has 0 aliphatic carbocycles. The van der Waals surface area contributed by atoms with Gasteiger partial charge in [-0.15, -0.1) is 0 Å². The Balaban J connectivity index is 1.64. The number of amides is 1. The van der Waals surface area contributed by atoms with E-state index in [1.165, 1.54) is 10.4 Å². The predicted molar refractivity (Wildman–Crippen MR) is 126 cm³/mol. The molecule has 1 heterocycles. The van der Waals surface area contributed by atoms with Gasteiger partial charge in [0.25, 0.3) is 0 Å². The largest absolute Gasteiger partial charge is 0.351 e. The number of carbonyl (C=O) groups is 1. The van der Waals surface area contributed by atoms with E-state index in [2.05, 4.69) is 5.32 Å². The standard InChI is InChI=1S/C23H28Cl2N2O3S/c1-23(2,14-17-7-4-3-5-8-17)26-22(28)18-9-6-12-27(15-18)31(29,30)16-19-10-11-20(24)13-21(19)25/h3-5,7-8,10-11,13,18H,6,9,12,14-16H2,1-2H3,(H,26,28). The van der Waals surface area contributed by atoms with Crippen LogP contribution in [-0.4, -0.2) is 37.3 Å². The fraction of sp³-hybridized carbons (Fsp3) is 0.435. The molecule has 0 spiro atoms. The number of nitrogens with one attached hydrogen (secondary N) is 1. The second-order valence-corrected chi connectivity index (χ2v) is 11.5. The molecule has 5 nitrogen and oxygen atoms in total. The number of sulfonamides is 1. The first kappa shape index (κ1) is 24.1. The molecule has 0 saturated carbocycles. The second-order valence-electron chi connectivity index (χ2n) is 8.72. The van der Waals surface area contributed by atoms with E-state index in [0.29, 0.717) is 41.4 Å². The number of hydrogen-bond acceptors (Lipinski definition) is 3. The average Bonchev–Trinajstić information content (AvgIpc) is 2.70. The topological polar surface area (TPSA) is 66.5 Å². The Labute approximate surface area is 194 Å². The zero-order chi connectivity index (χ0) is 22.6. The van der Waals surface area contributed by atoms with Crippen LogP contribution in [0.4, 0.5) is 0 Å². The molecule has 0 bridgehead atoms. The molecule has 1 amide bonds. The van der Waals surface area contributed by atoms with E-state index in [-0.39, 0.29) is 24.1 Å². The number of rotatable bonds is 7. The Morgan fingerprint density at radius 1 is 1.16 bits per heavy atom. The van der Waals surface area contributed by atoms with Crippen molar-refractivity contribution in [3.05, 3.63) is 69.7 Å². The number of piperidine rings is 1. The third-order valence-electron chi connectivity index (χ3n) is 5.45. The van der Waals surface area contributed by atoms with Gasteiger partial charge in [0.2, 0.25) is 15.9 Å². The molecule has 0 radical (unpaired) electrons. The van der Waals surface area contributed by atoms with Crippen LogP contribution in [0.2, 0.25) is 10.0 Å². The molecule has 2 aromatic carbocycles. The summed E-state index contributed by atoms with van der Waals surface area (Å²) in [6, 6.07) is 14.8. The van der Waals surface area contributed by atoms with E-state index in [9.17, 15) is 13.2 Å². The van der Waals surface area contributed by atoms with Crippen LogP contribution in [0.25, 0.3) is 0 Å². The van der Waals surface area contributed by atoms with Crippen molar-refractivity contribution in [1.82, 2.24) is 9.62 Å². The van der Waals surface area contributed by atoms with Crippen molar-refractivity contribution in [1.29, 1.82) is 0 Å². The Morgan fingerprint density at radius 2 is 1.87 bits per heavy atom. The molecule has 2 aromatic rings. The van der Waals surface area contributed by atoms with Gasteiger partial charge in [-0.1, -0.05) is 59.6 Å². The van der Waals surface area contributed by atoms with Crippen molar-refractivity contribution in [2.24, 2.45) is 5.92 Å². The summed E-state index contributed by atoms with van der Waals surface area (Å²) >= 11 is 12.1. The summed E-state index contributed by atoms with van der Waals surface area (Å²) in [5.74, 6) is -0.693. The highest BCUT2D eigenvalue weighted by atomic mass is 35.5. The van der Waals surface area contributed by atoms with Crippen molar-refractivity contribution >= 4 is 39.1 Å². The first-order chi connectivity index (χ1) is 14.6. The van der Waals surface area contributed by atoms with Crippen LogP contribution in [0.15, 0.2) is 48.5 Å². The number of halogens is 2. The van der Waals surface area contributed by atoms with E-state index < -0.39 is 15.6 Å². The third-order valence-corrected chi connectivity index (χ3v) is 7.83. The summed E-state index contributed by atoms with van der Waals surface area (Å²) in [6.07, 6.45) is 2.01. The summed E-state index contributed by atoms with van der Waals surface area (Å²) < 4.78 is 27.4. The molecule has 168 valence electrons. The summed E-state index contributed by atoms with van der Waals surface area (Å²) in [7, 11) is -3.60. The second kappa shape index (κ2) is 9.90. The van der Waals surface area contributed by atoms with Gasteiger partial charge in [0, 0.05) is 28.7 Å². The predicted octanol–water partition coefficient (Wildman–Crippen LogP) is 4.67. The van der Waals surface area contributed by atoms with E-state index >= 15 is 0 Å². The van der Waals surface area contributed by atoms with Crippen LogP contribution in [-0.2, 0) is 27.0 Å². The van der Waals surface area contributed by atoms with E-state index in [4.69, 9.17) is 23.2 Å². The summed E-state index contributed by atoms with van der Waals surface area (Å²) in [6.45, 7) is 4.56. The molecule has 8 heteroatoms. The van der Waals surface area contributed by atoms with Crippen molar-refractivity contribution in [3.63, 3.8) is 0 Å². The molecule has 1 atom stereocenters. The molecule has 1 N–H and O–H groups in total. The zero-order valence-electron chi connectivity index (χ0n) is 17.8. The van der Waals surface area contributed by atoms with Crippen LogP contribution < -0.4 is 5.32 Å². The molecule has 0 aromatic heterocycles. The number of nitrogens with zero attached hydrogens (tertiary/aromatic N) is 1. The highest BCUT2D eigenvalue weighted by Gasteiger charge is 2.34. The number of hydrogen-bond donors (Lipinski definition) is 1. The van der Waals surface area contributed by atoms with Gasteiger partial charge in [0.05, 0.1) is 11.7 Å². The zero-order valence-corrected chi connectivity index (χ0v) is 20.1. The molecule has 3 rings (SSSR count). The average molecular weight is 483 g/mol. The maximum Gasteiger partial charge on any atom is 0.224 e. The van der Waals surface area contributed by atoms with Crippen LogP contribution in [0.5, 0.6) is 0 Å². The van der Waals surface area contributed by atoms with Gasteiger partial charge in [0.1, 0.15) is 0 Å². The molecular formula is C23H28Cl2N2O3S. The van der Waals surface area contributed by atoms with Gasteiger partial charge >= 0.3 is 0 Å². The third kappa shape index (κ3) is 6.69. The Morgan fingerprint density at radius 3 is 2.55 bits per heavy atom. The molecule has 1 aliphatic rings. The molecule has 31 heavy (non-hydrogen) atoms. The molecular weight excluding hydrogens is 455 g/mol. The normalized spacial score (nSPS) is 18.0. The first-order valence-electron chi connectivity index (χ1n) is 10.3. The monoisotopic (exact) mass is 482 g/mol. The van der Waals surface area contributed by atoms with Gasteiger partial charge in [-0.05, 0) is 56.4 Å². The smallest absolute Gasteiger partial charge is 0.224 e. The fourth-order valence-corrected chi connectivity index (χ4v) is 6.12. The number of benzene rings is 2.